The average Bonchev–Trinajstić information content (AvgIpc) is 2.40. The van der Waals surface area contributed by atoms with Crippen LogP contribution in [0.4, 0.5) is 0 Å². The molecule has 0 aliphatic carbocycles. The Morgan fingerprint density at radius 2 is 1.67 bits per heavy atom. The number of nitrogens with zero attached hydrogens (tertiary/aromatic N) is 2. The van der Waals surface area contributed by atoms with Gasteiger partial charge in [-0.15, -0.1) is 0 Å². The average molecular weight is 254 g/mol. The van der Waals surface area contributed by atoms with Crippen LogP contribution in [-0.2, 0) is 0 Å². The van der Waals surface area contributed by atoms with E-state index in [4.69, 9.17) is 0 Å². The van der Waals surface area contributed by atoms with Crippen molar-refractivity contribution in [3.05, 3.63) is 0 Å². The number of piperidine rings is 2. The maximum atomic E-state index is 3.74. The van der Waals surface area contributed by atoms with Gasteiger partial charge in [-0.3, -0.25) is 4.90 Å². The van der Waals surface area contributed by atoms with E-state index >= 15 is 0 Å². The van der Waals surface area contributed by atoms with Gasteiger partial charge in [-0.05, 0) is 78.4 Å². The van der Waals surface area contributed by atoms with Gasteiger partial charge in [-0.2, -0.15) is 0 Å². The number of likely N-dealkylation sites (tertiary alicyclic amines) is 2. The third-order valence-corrected chi connectivity index (χ3v) is 4.52. The molecule has 2 aliphatic rings. The second kappa shape index (κ2) is 7.43. The number of nitrogens with one attached hydrogen (secondary N) is 2. The van der Waals surface area contributed by atoms with Crippen molar-refractivity contribution < 1.29 is 0 Å². The minimum atomic E-state index is 0.747. The molecule has 0 radical (unpaired) electrons. The van der Waals surface area contributed by atoms with Crippen molar-refractivity contribution >= 4 is 0 Å². The lowest BCUT2D eigenvalue weighted by Gasteiger charge is -2.35. The number of rotatable bonds is 5. The molecule has 106 valence electrons. The van der Waals surface area contributed by atoms with Crippen LogP contribution in [0.25, 0.3) is 0 Å². The van der Waals surface area contributed by atoms with E-state index in [2.05, 4.69) is 34.5 Å². The van der Waals surface area contributed by atoms with Crippen molar-refractivity contribution in [2.24, 2.45) is 5.92 Å². The standard InChI is InChI=1S/C14H30N4/c1-15-11-13-3-9-18(10-4-13)12-16-14-5-7-17(2)8-6-14/h13-16H,3-12H2,1-2H3. The molecular formula is C14H30N4. The second-order valence-corrected chi connectivity index (χ2v) is 6.06. The Morgan fingerprint density at radius 3 is 2.28 bits per heavy atom. The van der Waals surface area contributed by atoms with Gasteiger partial charge in [0, 0.05) is 12.7 Å². The molecule has 0 bridgehead atoms. The molecule has 0 amide bonds. The Kier molecular flexibility index (Phi) is 5.89. The van der Waals surface area contributed by atoms with Crippen LogP contribution >= 0.6 is 0 Å². The summed E-state index contributed by atoms with van der Waals surface area (Å²) in [5.74, 6) is 0.898. The van der Waals surface area contributed by atoms with E-state index in [-0.39, 0.29) is 0 Å². The highest BCUT2D eigenvalue weighted by Crippen LogP contribution is 2.16. The summed E-state index contributed by atoms with van der Waals surface area (Å²) in [6.07, 6.45) is 5.34. The molecule has 2 fully saturated rings. The summed E-state index contributed by atoms with van der Waals surface area (Å²) in [6, 6.07) is 0.747. The SMILES string of the molecule is CNCC1CCN(CNC2CCN(C)CC2)CC1. The molecule has 4 heteroatoms. The first-order chi connectivity index (χ1) is 8.78. The predicted octanol–water partition coefficient (Wildman–Crippen LogP) is 0.559. The zero-order valence-electron chi connectivity index (χ0n) is 12.1. The molecular weight excluding hydrogens is 224 g/mol. The highest BCUT2D eigenvalue weighted by molar-refractivity contribution is 4.77. The van der Waals surface area contributed by atoms with Crippen LogP contribution in [0.3, 0.4) is 0 Å². The molecule has 2 rings (SSSR count). The van der Waals surface area contributed by atoms with E-state index in [1.165, 1.54) is 58.4 Å². The molecule has 4 nitrogen and oxygen atoms in total. The van der Waals surface area contributed by atoms with Crippen LogP contribution in [0.15, 0.2) is 0 Å². The molecule has 0 unspecified atom stereocenters. The topological polar surface area (TPSA) is 30.5 Å². The molecule has 0 saturated carbocycles. The molecule has 18 heavy (non-hydrogen) atoms. The minimum absolute atomic E-state index is 0.747. The lowest BCUT2D eigenvalue weighted by atomic mass is 9.97. The fourth-order valence-corrected chi connectivity index (χ4v) is 3.11. The van der Waals surface area contributed by atoms with Crippen molar-refractivity contribution in [2.45, 2.75) is 31.7 Å². The van der Waals surface area contributed by atoms with Crippen LogP contribution in [0, 0.1) is 5.92 Å². The van der Waals surface area contributed by atoms with Crippen molar-refractivity contribution in [1.29, 1.82) is 0 Å². The number of hydrogen-bond donors (Lipinski definition) is 2. The fraction of sp³-hybridized carbons (Fsp3) is 1.00. The first-order valence-electron chi connectivity index (χ1n) is 7.57. The first kappa shape index (κ1) is 14.3. The molecule has 2 heterocycles. The van der Waals surface area contributed by atoms with E-state index in [0.29, 0.717) is 0 Å². The van der Waals surface area contributed by atoms with Crippen molar-refractivity contribution in [2.75, 3.05) is 53.5 Å². The van der Waals surface area contributed by atoms with E-state index in [9.17, 15) is 0 Å². The molecule has 0 aromatic heterocycles. The molecule has 0 atom stereocenters. The van der Waals surface area contributed by atoms with Gasteiger partial charge in [0.2, 0.25) is 0 Å². The summed E-state index contributed by atoms with van der Waals surface area (Å²) >= 11 is 0. The van der Waals surface area contributed by atoms with Crippen molar-refractivity contribution in [3.63, 3.8) is 0 Å². The van der Waals surface area contributed by atoms with Gasteiger partial charge in [0.25, 0.3) is 0 Å². The van der Waals surface area contributed by atoms with Gasteiger partial charge >= 0.3 is 0 Å². The fourth-order valence-electron chi connectivity index (χ4n) is 3.11. The first-order valence-corrected chi connectivity index (χ1v) is 7.57. The highest BCUT2D eigenvalue weighted by atomic mass is 15.2. The van der Waals surface area contributed by atoms with Gasteiger partial charge < -0.3 is 15.5 Å². The zero-order valence-corrected chi connectivity index (χ0v) is 12.1. The summed E-state index contributed by atoms with van der Waals surface area (Å²) in [6.45, 7) is 7.33. The molecule has 2 saturated heterocycles. The van der Waals surface area contributed by atoms with E-state index in [1.54, 1.807) is 0 Å². The Hall–Kier alpha value is -0.160. The molecule has 0 aromatic carbocycles. The third-order valence-electron chi connectivity index (χ3n) is 4.52. The Morgan fingerprint density at radius 1 is 1.00 bits per heavy atom. The Labute approximate surface area is 112 Å². The summed E-state index contributed by atoms with van der Waals surface area (Å²) in [4.78, 5) is 5.02. The lowest BCUT2D eigenvalue weighted by molar-refractivity contribution is 0.151. The monoisotopic (exact) mass is 254 g/mol. The smallest absolute Gasteiger partial charge is 0.0482 e. The van der Waals surface area contributed by atoms with Crippen LogP contribution in [0.1, 0.15) is 25.7 Å². The van der Waals surface area contributed by atoms with Crippen LogP contribution in [0.2, 0.25) is 0 Å². The van der Waals surface area contributed by atoms with E-state index < -0.39 is 0 Å². The maximum absolute atomic E-state index is 3.74. The molecule has 2 aliphatic heterocycles. The lowest BCUT2D eigenvalue weighted by Crippen LogP contribution is -2.47. The zero-order chi connectivity index (χ0) is 12.8. The predicted molar refractivity (Wildman–Crippen MR) is 76.7 cm³/mol. The Bertz CT molecular complexity index is 218. The largest absolute Gasteiger partial charge is 0.319 e. The molecule has 0 aromatic rings. The van der Waals surface area contributed by atoms with Gasteiger partial charge in [0.15, 0.2) is 0 Å². The summed E-state index contributed by atoms with van der Waals surface area (Å²) in [7, 11) is 4.29. The quantitative estimate of drug-likeness (QED) is 0.750. The van der Waals surface area contributed by atoms with Crippen LogP contribution in [-0.4, -0.2) is 69.3 Å². The minimum Gasteiger partial charge on any atom is -0.319 e. The second-order valence-electron chi connectivity index (χ2n) is 6.06. The van der Waals surface area contributed by atoms with Crippen LogP contribution < -0.4 is 10.6 Å². The normalized spacial score (nSPS) is 25.7. The van der Waals surface area contributed by atoms with Crippen molar-refractivity contribution in [3.8, 4) is 0 Å². The van der Waals surface area contributed by atoms with Crippen LogP contribution in [0.5, 0.6) is 0 Å². The van der Waals surface area contributed by atoms with Gasteiger partial charge in [-0.25, -0.2) is 0 Å². The summed E-state index contributed by atoms with van der Waals surface area (Å²) < 4.78 is 0. The van der Waals surface area contributed by atoms with Gasteiger partial charge in [0.1, 0.15) is 0 Å². The molecule has 2 N–H and O–H groups in total. The van der Waals surface area contributed by atoms with Gasteiger partial charge in [-0.1, -0.05) is 0 Å². The highest BCUT2D eigenvalue weighted by Gasteiger charge is 2.20. The maximum Gasteiger partial charge on any atom is 0.0482 e. The summed E-state index contributed by atoms with van der Waals surface area (Å²) in [5, 5.41) is 7.04. The van der Waals surface area contributed by atoms with E-state index in [0.717, 1.165) is 18.6 Å². The summed E-state index contributed by atoms with van der Waals surface area (Å²) in [5.41, 5.74) is 0. The number of hydrogen-bond acceptors (Lipinski definition) is 4. The Balaban J connectivity index is 1.57. The molecule has 0 spiro atoms. The third kappa shape index (κ3) is 4.50. The van der Waals surface area contributed by atoms with Gasteiger partial charge in [0.05, 0.1) is 0 Å². The van der Waals surface area contributed by atoms with Crippen molar-refractivity contribution in [1.82, 2.24) is 20.4 Å². The van der Waals surface area contributed by atoms with E-state index in [1.807, 2.05) is 0 Å².